The molecule has 0 fully saturated rings. The van der Waals surface area contributed by atoms with Crippen LogP contribution in [0.2, 0.25) is 0 Å². The third-order valence-corrected chi connectivity index (χ3v) is 2.10. The number of hydrogen-bond donors (Lipinski definition) is 2. The molecule has 3 nitrogen and oxygen atoms in total. The molecule has 0 unspecified atom stereocenters. The van der Waals surface area contributed by atoms with Gasteiger partial charge in [0, 0.05) is 11.7 Å². The Kier molecular flexibility index (Phi) is 3.72. The summed E-state index contributed by atoms with van der Waals surface area (Å²) in [5.74, 6) is 0.0160. The number of carbonyl (C=O) groups excluding carboxylic acids is 1. The van der Waals surface area contributed by atoms with Gasteiger partial charge in [0.05, 0.1) is 6.42 Å². The van der Waals surface area contributed by atoms with Crippen molar-refractivity contribution < 1.29 is 4.79 Å². The van der Waals surface area contributed by atoms with Gasteiger partial charge in [-0.2, -0.15) is 0 Å². The first-order chi connectivity index (χ1) is 6.99. The van der Waals surface area contributed by atoms with Crippen molar-refractivity contribution in [3.05, 3.63) is 29.3 Å². The molecular formula is C12H18N2O. The molecule has 0 bridgehead atoms. The number of aryl methyl sites for hydroxylation is 1. The van der Waals surface area contributed by atoms with Crippen molar-refractivity contribution in [1.29, 1.82) is 0 Å². The van der Waals surface area contributed by atoms with E-state index in [1.165, 1.54) is 0 Å². The second kappa shape index (κ2) is 4.82. The first kappa shape index (κ1) is 11.6. The summed E-state index contributed by atoms with van der Waals surface area (Å²) in [5.41, 5.74) is 8.49. The lowest BCUT2D eigenvalue weighted by Gasteiger charge is -2.10. The van der Waals surface area contributed by atoms with E-state index in [9.17, 15) is 4.79 Å². The van der Waals surface area contributed by atoms with E-state index in [1.54, 1.807) is 0 Å². The molecule has 0 heterocycles. The van der Waals surface area contributed by atoms with Crippen molar-refractivity contribution in [2.24, 2.45) is 0 Å². The summed E-state index contributed by atoms with van der Waals surface area (Å²) in [5, 5.41) is 2.84. The molecule has 0 aliphatic rings. The molecule has 0 aliphatic carbocycles. The van der Waals surface area contributed by atoms with Crippen LogP contribution in [0.4, 0.5) is 5.69 Å². The Labute approximate surface area is 90.7 Å². The van der Waals surface area contributed by atoms with Gasteiger partial charge in [0.25, 0.3) is 0 Å². The van der Waals surface area contributed by atoms with Gasteiger partial charge in [-0.3, -0.25) is 4.79 Å². The lowest BCUT2D eigenvalue weighted by molar-refractivity contribution is -0.120. The highest BCUT2D eigenvalue weighted by molar-refractivity contribution is 5.80. The fourth-order valence-corrected chi connectivity index (χ4v) is 1.43. The van der Waals surface area contributed by atoms with Gasteiger partial charge in [0.2, 0.25) is 5.91 Å². The quantitative estimate of drug-likeness (QED) is 0.739. The minimum absolute atomic E-state index is 0.0160. The molecule has 0 spiro atoms. The van der Waals surface area contributed by atoms with E-state index in [1.807, 2.05) is 39.0 Å². The predicted molar refractivity (Wildman–Crippen MR) is 62.6 cm³/mol. The molecule has 0 radical (unpaired) electrons. The van der Waals surface area contributed by atoms with Crippen LogP contribution in [0.1, 0.15) is 25.0 Å². The SMILES string of the molecule is Cc1ccc(N)c(CC(=O)NC(C)C)c1. The summed E-state index contributed by atoms with van der Waals surface area (Å²) in [6, 6.07) is 5.91. The van der Waals surface area contributed by atoms with Crippen molar-refractivity contribution in [3.8, 4) is 0 Å². The van der Waals surface area contributed by atoms with E-state index in [4.69, 9.17) is 5.73 Å². The molecule has 15 heavy (non-hydrogen) atoms. The molecule has 1 aromatic rings. The van der Waals surface area contributed by atoms with Gasteiger partial charge in [0.15, 0.2) is 0 Å². The fourth-order valence-electron chi connectivity index (χ4n) is 1.43. The molecule has 0 aliphatic heterocycles. The molecule has 1 amide bonds. The van der Waals surface area contributed by atoms with Crippen LogP contribution in [-0.4, -0.2) is 11.9 Å². The lowest BCUT2D eigenvalue weighted by atomic mass is 10.1. The molecule has 0 atom stereocenters. The summed E-state index contributed by atoms with van der Waals surface area (Å²) < 4.78 is 0. The van der Waals surface area contributed by atoms with E-state index in [-0.39, 0.29) is 11.9 Å². The summed E-state index contributed by atoms with van der Waals surface area (Å²) in [4.78, 5) is 11.5. The Morgan fingerprint density at radius 2 is 2.13 bits per heavy atom. The number of nitrogens with one attached hydrogen (secondary N) is 1. The van der Waals surface area contributed by atoms with E-state index in [2.05, 4.69) is 5.32 Å². The average Bonchev–Trinajstić information content (AvgIpc) is 2.10. The molecule has 1 rings (SSSR count). The fraction of sp³-hybridized carbons (Fsp3) is 0.417. The topological polar surface area (TPSA) is 55.1 Å². The highest BCUT2D eigenvalue weighted by Gasteiger charge is 2.07. The van der Waals surface area contributed by atoms with Crippen molar-refractivity contribution in [1.82, 2.24) is 5.32 Å². The van der Waals surface area contributed by atoms with Crippen molar-refractivity contribution in [3.63, 3.8) is 0 Å². The maximum Gasteiger partial charge on any atom is 0.224 e. The monoisotopic (exact) mass is 206 g/mol. The number of benzene rings is 1. The Bertz CT molecular complexity index is 359. The molecule has 1 aromatic carbocycles. The van der Waals surface area contributed by atoms with Gasteiger partial charge >= 0.3 is 0 Å². The Morgan fingerprint density at radius 3 is 2.73 bits per heavy atom. The van der Waals surface area contributed by atoms with Gasteiger partial charge < -0.3 is 11.1 Å². The number of hydrogen-bond acceptors (Lipinski definition) is 2. The molecule has 82 valence electrons. The maximum atomic E-state index is 11.5. The zero-order valence-corrected chi connectivity index (χ0v) is 9.50. The predicted octanol–water partition coefficient (Wildman–Crippen LogP) is 1.64. The summed E-state index contributed by atoms with van der Waals surface area (Å²) in [7, 11) is 0. The first-order valence-electron chi connectivity index (χ1n) is 5.13. The third-order valence-electron chi connectivity index (χ3n) is 2.10. The van der Waals surface area contributed by atoms with Crippen LogP contribution < -0.4 is 11.1 Å². The van der Waals surface area contributed by atoms with Crippen LogP contribution in [0.3, 0.4) is 0 Å². The average molecular weight is 206 g/mol. The lowest BCUT2D eigenvalue weighted by Crippen LogP contribution is -2.31. The van der Waals surface area contributed by atoms with Crippen LogP contribution in [-0.2, 0) is 11.2 Å². The number of rotatable bonds is 3. The van der Waals surface area contributed by atoms with Gasteiger partial charge in [0.1, 0.15) is 0 Å². The van der Waals surface area contributed by atoms with Gasteiger partial charge in [-0.1, -0.05) is 17.7 Å². The maximum absolute atomic E-state index is 11.5. The number of nitrogens with two attached hydrogens (primary N) is 1. The summed E-state index contributed by atoms with van der Waals surface area (Å²) in [6.07, 6.45) is 0.353. The van der Waals surface area contributed by atoms with Crippen LogP contribution in [0.5, 0.6) is 0 Å². The summed E-state index contributed by atoms with van der Waals surface area (Å²) >= 11 is 0. The zero-order valence-electron chi connectivity index (χ0n) is 9.50. The highest BCUT2D eigenvalue weighted by atomic mass is 16.1. The van der Waals surface area contributed by atoms with Gasteiger partial charge in [-0.15, -0.1) is 0 Å². The molecule has 0 aromatic heterocycles. The van der Waals surface area contributed by atoms with Crippen LogP contribution in [0.15, 0.2) is 18.2 Å². The number of amides is 1. The van der Waals surface area contributed by atoms with E-state index < -0.39 is 0 Å². The Balaban J connectivity index is 2.71. The van der Waals surface area contributed by atoms with E-state index in [0.717, 1.165) is 11.1 Å². The minimum Gasteiger partial charge on any atom is -0.398 e. The van der Waals surface area contributed by atoms with Crippen molar-refractivity contribution in [2.75, 3.05) is 5.73 Å². The third kappa shape index (κ3) is 3.62. The minimum atomic E-state index is 0.0160. The second-order valence-corrected chi connectivity index (χ2v) is 4.10. The van der Waals surface area contributed by atoms with Crippen LogP contribution in [0.25, 0.3) is 0 Å². The van der Waals surface area contributed by atoms with E-state index in [0.29, 0.717) is 12.1 Å². The van der Waals surface area contributed by atoms with Crippen LogP contribution >= 0.6 is 0 Å². The smallest absolute Gasteiger partial charge is 0.224 e. The molecule has 3 heteroatoms. The normalized spacial score (nSPS) is 10.4. The Morgan fingerprint density at radius 1 is 1.47 bits per heavy atom. The number of anilines is 1. The van der Waals surface area contributed by atoms with Gasteiger partial charge in [-0.05, 0) is 32.4 Å². The standard InChI is InChI=1S/C12H18N2O/c1-8(2)14-12(15)7-10-6-9(3)4-5-11(10)13/h4-6,8H,7,13H2,1-3H3,(H,14,15). The first-order valence-corrected chi connectivity index (χ1v) is 5.13. The van der Waals surface area contributed by atoms with Crippen molar-refractivity contribution >= 4 is 11.6 Å². The second-order valence-electron chi connectivity index (χ2n) is 4.10. The highest BCUT2D eigenvalue weighted by Crippen LogP contribution is 2.14. The van der Waals surface area contributed by atoms with Crippen molar-refractivity contribution in [2.45, 2.75) is 33.2 Å². The molecule has 0 saturated heterocycles. The van der Waals surface area contributed by atoms with Gasteiger partial charge in [-0.25, -0.2) is 0 Å². The molecule has 3 N–H and O–H groups in total. The Hall–Kier alpha value is -1.51. The zero-order chi connectivity index (χ0) is 11.4. The summed E-state index contributed by atoms with van der Waals surface area (Å²) in [6.45, 7) is 5.87. The largest absolute Gasteiger partial charge is 0.398 e. The van der Waals surface area contributed by atoms with E-state index >= 15 is 0 Å². The molecular weight excluding hydrogens is 188 g/mol. The molecule has 0 saturated carbocycles. The number of carbonyl (C=O) groups is 1. The number of nitrogen functional groups attached to an aromatic ring is 1. The van der Waals surface area contributed by atoms with Crippen LogP contribution in [0, 0.1) is 6.92 Å².